The molecule has 10 nitrogen and oxygen atoms in total. The number of carbonyl (C=O) groups excluding carboxylic acids is 5. The average molecular weight is 757 g/mol. The number of rotatable bonds is 21. The molecular weight excluding hydrogens is 705 g/mol. The van der Waals surface area contributed by atoms with E-state index in [0.717, 1.165) is 48.3 Å². The molecule has 1 aliphatic heterocycles. The van der Waals surface area contributed by atoms with E-state index in [4.69, 9.17) is 4.74 Å². The van der Waals surface area contributed by atoms with E-state index in [9.17, 15) is 24.0 Å². The highest BCUT2D eigenvalue weighted by atomic mass is 16.5. The number of aldehydes is 1. The number of hydrogen-bond acceptors (Lipinski definition) is 7. The van der Waals surface area contributed by atoms with Crippen LogP contribution in [0.25, 0.3) is 11.1 Å². The van der Waals surface area contributed by atoms with Gasteiger partial charge in [-0.2, -0.15) is 0 Å². The summed E-state index contributed by atoms with van der Waals surface area (Å²) < 4.78 is 6.04. The van der Waals surface area contributed by atoms with Crippen LogP contribution in [0.15, 0.2) is 103 Å². The van der Waals surface area contributed by atoms with Crippen LogP contribution in [0.2, 0.25) is 0 Å². The Morgan fingerprint density at radius 1 is 0.786 bits per heavy atom. The topological polar surface area (TPSA) is 125 Å². The van der Waals surface area contributed by atoms with Crippen molar-refractivity contribution in [3.8, 4) is 5.75 Å². The smallest absolute Gasteiger partial charge is 0.264 e. The summed E-state index contributed by atoms with van der Waals surface area (Å²) in [6.07, 6.45) is 5.29. The van der Waals surface area contributed by atoms with Gasteiger partial charge in [0.15, 0.2) is 0 Å². The Morgan fingerprint density at radius 2 is 1.45 bits per heavy atom. The number of likely N-dealkylation sites (N-methyl/N-ethyl adjacent to an activating group) is 1. The molecule has 2 N–H and O–H groups in total. The summed E-state index contributed by atoms with van der Waals surface area (Å²) in [5.74, 6) is -0.516. The highest BCUT2D eigenvalue weighted by molar-refractivity contribution is 6.24. The van der Waals surface area contributed by atoms with Gasteiger partial charge < -0.3 is 25.1 Å². The summed E-state index contributed by atoms with van der Waals surface area (Å²) in [5.41, 5.74) is 7.01. The standard InChI is InChI=1S/C46H52N4O6/c1-4-38(33-16-9-7-10-17-33)43(34-18-11-8-12-19-34)35-23-26-37(27-24-35)56-31-30-49(3)42(53)22-13-5-6-14-29-48-40-21-15-20-39-44(40)46(55)50(45(39)54)36(32-51)25-28-41(52)47-2/h7-12,15-21,23-24,26-27,32,36,48H,4-6,13-14,22,25,28-31H2,1-3H3,(H,47,52)/b43-38-. The Balaban J connectivity index is 1.03. The molecule has 0 saturated carbocycles. The van der Waals surface area contributed by atoms with Crippen molar-refractivity contribution in [2.75, 3.05) is 39.1 Å². The molecule has 1 heterocycles. The number of nitrogens with one attached hydrogen (secondary N) is 2. The Labute approximate surface area is 329 Å². The number of hydrogen-bond donors (Lipinski definition) is 2. The number of imide groups is 1. The van der Waals surface area contributed by atoms with E-state index < -0.39 is 17.9 Å². The molecule has 0 fully saturated rings. The van der Waals surface area contributed by atoms with Crippen LogP contribution in [0.3, 0.4) is 0 Å². The summed E-state index contributed by atoms with van der Waals surface area (Å²) in [6, 6.07) is 33.2. The number of unbranched alkanes of at least 4 members (excludes halogenated alkanes) is 3. The first-order chi connectivity index (χ1) is 27.3. The molecule has 0 spiro atoms. The Morgan fingerprint density at radius 3 is 2.11 bits per heavy atom. The number of ether oxygens (including phenoxy) is 1. The van der Waals surface area contributed by atoms with E-state index >= 15 is 0 Å². The first kappa shape index (κ1) is 41.1. The minimum absolute atomic E-state index is 0.0229. The maximum Gasteiger partial charge on any atom is 0.264 e. The zero-order valence-electron chi connectivity index (χ0n) is 32.6. The second-order valence-corrected chi connectivity index (χ2v) is 13.8. The Kier molecular flexibility index (Phi) is 15.1. The van der Waals surface area contributed by atoms with Gasteiger partial charge in [0, 0.05) is 39.2 Å². The van der Waals surface area contributed by atoms with Gasteiger partial charge in [0.2, 0.25) is 11.8 Å². The van der Waals surface area contributed by atoms with Crippen molar-refractivity contribution in [2.24, 2.45) is 0 Å². The molecule has 10 heteroatoms. The average Bonchev–Trinajstić information content (AvgIpc) is 3.49. The van der Waals surface area contributed by atoms with E-state index in [0.29, 0.717) is 38.1 Å². The van der Waals surface area contributed by atoms with Crippen molar-refractivity contribution < 1.29 is 28.7 Å². The summed E-state index contributed by atoms with van der Waals surface area (Å²) in [7, 11) is 3.29. The number of carbonyl (C=O) groups is 5. The molecule has 1 unspecified atom stereocenters. The monoisotopic (exact) mass is 756 g/mol. The van der Waals surface area contributed by atoms with Gasteiger partial charge in [0.05, 0.1) is 23.7 Å². The second kappa shape index (κ2) is 20.6. The van der Waals surface area contributed by atoms with Crippen molar-refractivity contribution in [3.63, 3.8) is 0 Å². The summed E-state index contributed by atoms with van der Waals surface area (Å²) in [4.78, 5) is 65.3. The SMILES string of the molecule is CC/C(=C(\c1ccccc1)c1ccc(OCCN(C)C(=O)CCCCCCNc2cccc3c2C(=O)N(C(C=O)CCC(=O)NC)C3=O)cc1)c1ccccc1. The van der Waals surface area contributed by atoms with Gasteiger partial charge in [-0.1, -0.05) is 98.6 Å². The quantitative estimate of drug-likeness (QED) is 0.0388. The molecule has 4 aromatic carbocycles. The number of allylic oxidation sites excluding steroid dienone is 1. The van der Waals surface area contributed by atoms with Crippen molar-refractivity contribution in [3.05, 3.63) is 131 Å². The molecule has 4 amide bonds. The highest BCUT2D eigenvalue weighted by Gasteiger charge is 2.41. The molecule has 0 radical (unpaired) electrons. The molecule has 0 saturated heterocycles. The van der Waals surface area contributed by atoms with Crippen LogP contribution in [0.5, 0.6) is 5.75 Å². The molecule has 292 valence electrons. The van der Waals surface area contributed by atoms with Crippen molar-refractivity contribution in [1.82, 2.24) is 15.1 Å². The Bertz CT molecular complexity index is 2000. The predicted molar refractivity (Wildman–Crippen MR) is 220 cm³/mol. The lowest BCUT2D eigenvalue weighted by molar-refractivity contribution is -0.130. The van der Waals surface area contributed by atoms with Crippen LogP contribution in [0, 0.1) is 0 Å². The van der Waals surface area contributed by atoms with Crippen molar-refractivity contribution >= 4 is 46.7 Å². The number of benzene rings is 4. The fourth-order valence-corrected chi connectivity index (χ4v) is 7.01. The van der Waals surface area contributed by atoms with Crippen molar-refractivity contribution in [2.45, 2.75) is 64.3 Å². The number of anilines is 1. The lowest BCUT2D eigenvalue weighted by Crippen LogP contribution is -2.41. The van der Waals surface area contributed by atoms with Gasteiger partial charge in [0.25, 0.3) is 11.8 Å². The van der Waals surface area contributed by atoms with E-state index in [2.05, 4.69) is 78.2 Å². The minimum Gasteiger partial charge on any atom is -0.492 e. The van der Waals surface area contributed by atoms with E-state index in [-0.39, 0.29) is 35.8 Å². The molecule has 4 aromatic rings. The molecule has 0 aromatic heterocycles. The van der Waals surface area contributed by atoms with Gasteiger partial charge in [0.1, 0.15) is 18.6 Å². The van der Waals surface area contributed by atoms with E-state index in [1.54, 1.807) is 30.1 Å². The van der Waals surface area contributed by atoms with Gasteiger partial charge in [-0.05, 0) is 77.8 Å². The van der Waals surface area contributed by atoms with Crippen LogP contribution >= 0.6 is 0 Å². The Hall–Kier alpha value is -6.03. The number of amides is 4. The molecule has 5 rings (SSSR count). The molecule has 1 aliphatic rings. The summed E-state index contributed by atoms with van der Waals surface area (Å²) in [5, 5.41) is 5.76. The minimum atomic E-state index is -1.02. The lowest BCUT2D eigenvalue weighted by Gasteiger charge is -2.21. The van der Waals surface area contributed by atoms with Crippen LogP contribution in [0.1, 0.15) is 95.7 Å². The molecule has 0 aliphatic carbocycles. The zero-order valence-corrected chi connectivity index (χ0v) is 32.6. The van der Waals surface area contributed by atoms with E-state index in [1.807, 2.05) is 24.3 Å². The zero-order chi connectivity index (χ0) is 39.9. The predicted octanol–water partition coefficient (Wildman–Crippen LogP) is 7.65. The van der Waals surface area contributed by atoms with Crippen LogP contribution in [0.4, 0.5) is 5.69 Å². The first-order valence-electron chi connectivity index (χ1n) is 19.5. The maximum absolute atomic E-state index is 13.3. The van der Waals surface area contributed by atoms with Crippen LogP contribution in [-0.4, -0.2) is 79.5 Å². The molecule has 56 heavy (non-hydrogen) atoms. The van der Waals surface area contributed by atoms with Gasteiger partial charge >= 0.3 is 0 Å². The van der Waals surface area contributed by atoms with Crippen LogP contribution in [-0.2, 0) is 14.4 Å². The number of fused-ring (bicyclic) bond motifs is 1. The van der Waals surface area contributed by atoms with E-state index in [1.165, 1.54) is 29.3 Å². The lowest BCUT2D eigenvalue weighted by atomic mass is 9.88. The summed E-state index contributed by atoms with van der Waals surface area (Å²) in [6.45, 7) is 3.64. The van der Waals surface area contributed by atoms with Crippen molar-refractivity contribution in [1.29, 1.82) is 0 Å². The molecular formula is C46H52N4O6. The number of nitrogens with zero attached hydrogens (tertiary/aromatic N) is 2. The molecule has 1 atom stereocenters. The van der Waals surface area contributed by atoms with Gasteiger partial charge in [-0.25, -0.2) is 0 Å². The third kappa shape index (κ3) is 10.4. The van der Waals surface area contributed by atoms with Gasteiger partial charge in [-0.3, -0.25) is 24.1 Å². The van der Waals surface area contributed by atoms with Crippen LogP contribution < -0.4 is 15.4 Å². The third-order valence-corrected chi connectivity index (χ3v) is 10.1. The normalized spacial score (nSPS) is 13.1. The maximum atomic E-state index is 13.3. The third-order valence-electron chi connectivity index (χ3n) is 10.1. The largest absolute Gasteiger partial charge is 0.492 e. The molecule has 0 bridgehead atoms. The summed E-state index contributed by atoms with van der Waals surface area (Å²) >= 11 is 0. The van der Waals surface area contributed by atoms with Gasteiger partial charge in [-0.15, -0.1) is 0 Å². The second-order valence-electron chi connectivity index (χ2n) is 13.8. The first-order valence-corrected chi connectivity index (χ1v) is 19.5. The fourth-order valence-electron chi connectivity index (χ4n) is 7.01. The highest BCUT2D eigenvalue weighted by Crippen LogP contribution is 2.35. The fraction of sp³-hybridized carbons (Fsp3) is 0.326.